The largest absolute Gasteiger partial charge is 0.288 e. The number of hydrogen-bond acceptors (Lipinski definition) is 1. The lowest BCUT2D eigenvalue weighted by atomic mass is 9.99. The summed E-state index contributed by atoms with van der Waals surface area (Å²) in [7, 11) is 0. The molecular formula is C15H10Cl4O. The minimum absolute atomic E-state index is 0.0763. The second-order valence-electron chi connectivity index (χ2n) is 4.47. The van der Waals surface area contributed by atoms with Gasteiger partial charge in [0.25, 0.3) is 0 Å². The highest BCUT2D eigenvalue weighted by atomic mass is 35.5. The summed E-state index contributed by atoms with van der Waals surface area (Å²) in [6.45, 7) is 3.91. The fourth-order valence-corrected chi connectivity index (χ4v) is 2.89. The topological polar surface area (TPSA) is 17.1 Å². The van der Waals surface area contributed by atoms with Crippen molar-refractivity contribution < 1.29 is 4.79 Å². The monoisotopic (exact) mass is 346 g/mol. The third-order valence-electron chi connectivity index (χ3n) is 3.11. The van der Waals surface area contributed by atoms with E-state index in [4.69, 9.17) is 46.4 Å². The summed E-state index contributed by atoms with van der Waals surface area (Å²) in [5, 5.41) is 0.614. The van der Waals surface area contributed by atoms with Gasteiger partial charge in [0, 0.05) is 5.56 Å². The molecular weight excluding hydrogens is 338 g/mol. The van der Waals surface area contributed by atoms with E-state index in [0.717, 1.165) is 11.1 Å². The van der Waals surface area contributed by atoms with Crippen molar-refractivity contribution in [3.63, 3.8) is 0 Å². The van der Waals surface area contributed by atoms with Crippen LogP contribution in [-0.4, -0.2) is 5.78 Å². The molecule has 0 aromatic heterocycles. The highest BCUT2D eigenvalue weighted by molar-refractivity contribution is 6.51. The quantitative estimate of drug-likeness (QED) is 0.362. The Kier molecular flexibility index (Phi) is 4.66. The van der Waals surface area contributed by atoms with E-state index in [1.165, 1.54) is 6.07 Å². The normalized spacial score (nSPS) is 10.7. The van der Waals surface area contributed by atoms with E-state index in [2.05, 4.69) is 0 Å². The molecule has 2 aromatic rings. The summed E-state index contributed by atoms with van der Waals surface area (Å²) in [6, 6.07) is 6.83. The Labute approximate surface area is 137 Å². The number of rotatable bonds is 2. The number of carbonyl (C=O) groups excluding carboxylic acids is 1. The Morgan fingerprint density at radius 1 is 0.850 bits per heavy atom. The van der Waals surface area contributed by atoms with E-state index in [9.17, 15) is 4.79 Å². The molecule has 0 bridgehead atoms. The molecule has 2 aromatic carbocycles. The van der Waals surface area contributed by atoms with E-state index in [1.54, 1.807) is 12.1 Å². The molecule has 0 aliphatic carbocycles. The molecule has 104 valence electrons. The van der Waals surface area contributed by atoms with Crippen LogP contribution in [0.1, 0.15) is 27.0 Å². The van der Waals surface area contributed by atoms with E-state index in [0.29, 0.717) is 5.56 Å². The summed E-state index contributed by atoms with van der Waals surface area (Å²) >= 11 is 24.0. The fourth-order valence-electron chi connectivity index (χ4n) is 1.80. The van der Waals surface area contributed by atoms with E-state index in [-0.39, 0.29) is 31.4 Å². The molecule has 0 aliphatic rings. The number of ketones is 1. The van der Waals surface area contributed by atoms with Crippen LogP contribution in [0.4, 0.5) is 0 Å². The van der Waals surface area contributed by atoms with Gasteiger partial charge in [0.15, 0.2) is 5.78 Å². The second-order valence-corrected chi connectivity index (χ2v) is 6.04. The summed E-state index contributed by atoms with van der Waals surface area (Å²) in [5.41, 5.74) is 2.80. The second kappa shape index (κ2) is 5.95. The van der Waals surface area contributed by atoms with Gasteiger partial charge in [-0.1, -0.05) is 58.5 Å². The van der Waals surface area contributed by atoms with E-state index < -0.39 is 0 Å². The first kappa shape index (κ1) is 15.7. The van der Waals surface area contributed by atoms with Crippen LogP contribution in [0.25, 0.3) is 0 Å². The van der Waals surface area contributed by atoms with Gasteiger partial charge >= 0.3 is 0 Å². The number of halogens is 4. The van der Waals surface area contributed by atoms with Crippen LogP contribution in [-0.2, 0) is 0 Å². The highest BCUT2D eigenvalue weighted by Gasteiger charge is 2.21. The third kappa shape index (κ3) is 2.82. The highest BCUT2D eigenvalue weighted by Crippen LogP contribution is 2.38. The molecule has 2 rings (SSSR count). The lowest BCUT2D eigenvalue weighted by Gasteiger charge is -2.10. The number of benzene rings is 2. The van der Waals surface area contributed by atoms with Gasteiger partial charge < -0.3 is 0 Å². The summed E-state index contributed by atoms with van der Waals surface area (Å²) in [6.07, 6.45) is 0. The molecule has 0 spiro atoms. The van der Waals surface area contributed by atoms with E-state index in [1.807, 2.05) is 19.9 Å². The Balaban J connectivity index is 2.59. The molecule has 20 heavy (non-hydrogen) atoms. The fraction of sp³-hybridized carbons (Fsp3) is 0.133. The summed E-state index contributed by atoms with van der Waals surface area (Å²) < 4.78 is 0. The minimum atomic E-state index is -0.276. The average molecular weight is 348 g/mol. The Morgan fingerprint density at radius 3 is 2.10 bits per heavy atom. The molecule has 0 amide bonds. The van der Waals surface area contributed by atoms with Crippen LogP contribution >= 0.6 is 46.4 Å². The van der Waals surface area contributed by atoms with Crippen molar-refractivity contribution in [1.29, 1.82) is 0 Å². The van der Waals surface area contributed by atoms with Crippen LogP contribution in [0.3, 0.4) is 0 Å². The molecule has 0 saturated heterocycles. The van der Waals surface area contributed by atoms with Crippen molar-refractivity contribution in [2.45, 2.75) is 13.8 Å². The van der Waals surface area contributed by atoms with Crippen LogP contribution in [0.2, 0.25) is 20.1 Å². The predicted molar refractivity (Wildman–Crippen MR) is 85.8 cm³/mol. The van der Waals surface area contributed by atoms with Crippen molar-refractivity contribution in [2.75, 3.05) is 0 Å². The number of carbonyl (C=O) groups is 1. The maximum Gasteiger partial charge on any atom is 0.196 e. The van der Waals surface area contributed by atoms with Gasteiger partial charge in [0.1, 0.15) is 0 Å². The number of aryl methyl sites for hydroxylation is 2. The molecule has 0 heterocycles. The van der Waals surface area contributed by atoms with Gasteiger partial charge in [0.2, 0.25) is 0 Å². The molecule has 1 nitrogen and oxygen atoms in total. The van der Waals surface area contributed by atoms with Crippen LogP contribution in [0, 0.1) is 13.8 Å². The van der Waals surface area contributed by atoms with Gasteiger partial charge in [-0.2, -0.15) is 0 Å². The molecule has 5 heteroatoms. The molecule has 0 radical (unpaired) electrons. The zero-order valence-corrected chi connectivity index (χ0v) is 13.8. The SMILES string of the molecule is Cc1ccc(C(=O)c2c(Cl)cc(Cl)c(Cl)c2Cl)cc1C. The standard InChI is InChI=1S/C15H10Cl4O/c1-7-3-4-9(5-8(7)2)15(20)12-10(16)6-11(17)13(18)14(12)19/h3-6H,1-2H3. The lowest BCUT2D eigenvalue weighted by molar-refractivity contribution is 0.103. The predicted octanol–water partition coefficient (Wildman–Crippen LogP) is 6.15. The van der Waals surface area contributed by atoms with Crippen molar-refractivity contribution in [2.24, 2.45) is 0 Å². The van der Waals surface area contributed by atoms with E-state index >= 15 is 0 Å². The van der Waals surface area contributed by atoms with Gasteiger partial charge in [-0.3, -0.25) is 4.79 Å². The van der Waals surface area contributed by atoms with Crippen LogP contribution < -0.4 is 0 Å². The third-order valence-corrected chi connectivity index (χ3v) is 4.67. The maximum absolute atomic E-state index is 12.5. The molecule has 0 unspecified atom stereocenters. The van der Waals surface area contributed by atoms with Crippen molar-refractivity contribution in [3.05, 3.63) is 66.6 Å². The lowest BCUT2D eigenvalue weighted by Crippen LogP contribution is -2.04. The Hall–Kier alpha value is -0.730. The summed E-state index contributed by atoms with van der Waals surface area (Å²) in [5.74, 6) is -0.276. The smallest absolute Gasteiger partial charge is 0.196 e. The van der Waals surface area contributed by atoms with Crippen molar-refractivity contribution in [3.8, 4) is 0 Å². The minimum Gasteiger partial charge on any atom is -0.288 e. The van der Waals surface area contributed by atoms with Gasteiger partial charge in [-0.25, -0.2) is 0 Å². The van der Waals surface area contributed by atoms with Gasteiger partial charge in [0.05, 0.1) is 25.7 Å². The van der Waals surface area contributed by atoms with Gasteiger partial charge in [-0.05, 0) is 37.1 Å². The first-order chi connectivity index (χ1) is 9.32. The van der Waals surface area contributed by atoms with Crippen molar-refractivity contribution in [1.82, 2.24) is 0 Å². The zero-order chi connectivity index (χ0) is 15.0. The molecule has 0 saturated carbocycles. The molecule has 0 fully saturated rings. The van der Waals surface area contributed by atoms with Crippen LogP contribution in [0.15, 0.2) is 24.3 Å². The maximum atomic E-state index is 12.5. The Bertz CT molecular complexity index is 708. The first-order valence-electron chi connectivity index (χ1n) is 5.78. The zero-order valence-electron chi connectivity index (χ0n) is 10.7. The summed E-state index contributed by atoms with van der Waals surface area (Å²) in [4.78, 5) is 12.5. The van der Waals surface area contributed by atoms with Crippen LogP contribution in [0.5, 0.6) is 0 Å². The van der Waals surface area contributed by atoms with Gasteiger partial charge in [-0.15, -0.1) is 0 Å². The number of hydrogen-bond donors (Lipinski definition) is 0. The average Bonchev–Trinajstić information content (AvgIpc) is 2.39. The first-order valence-corrected chi connectivity index (χ1v) is 7.29. The molecule has 0 N–H and O–H groups in total. The Morgan fingerprint density at radius 2 is 1.50 bits per heavy atom. The molecule has 0 atom stereocenters. The van der Waals surface area contributed by atoms with Crippen molar-refractivity contribution >= 4 is 52.2 Å². The molecule has 0 aliphatic heterocycles.